The van der Waals surface area contributed by atoms with E-state index in [-0.39, 0.29) is 11.4 Å². The zero-order chi connectivity index (χ0) is 9.30. The number of aromatic hydroxyl groups is 1. The van der Waals surface area contributed by atoms with E-state index in [4.69, 9.17) is 0 Å². The summed E-state index contributed by atoms with van der Waals surface area (Å²) in [5, 5.41) is 19.7. The number of rotatable bonds is 1. The molecule has 0 aliphatic heterocycles. The maximum atomic E-state index is 10.4. The zero-order valence-electron chi connectivity index (χ0n) is 6.57. The predicted molar refractivity (Wildman–Crippen MR) is 39.1 cm³/mol. The molecule has 0 aliphatic carbocycles. The molecule has 0 heterocycles. The third kappa shape index (κ3) is 1.74. The van der Waals surface area contributed by atoms with Gasteiger partial charge in [0.2, 0.25) is 0 Å². The molecule has 0 fully saturated rings. The van der Waals surface area contributed by atoms with Gasteiger partial charge in [0.25, 0.3) is 0 Å². The van der Waals surface area contributed by atoms with E-state index >= 15 is 0 Å². The van der Waals surface area contributed by atoms with Crippen LogP contribution in [0.4, 0.5) is 5.69 Å². The first kappa shape index (κ1) is 9.44. The van der Waals surface area contributed by atoms with Gasteiger partial charge < -0.3 is 0 Å². The van der Waals surface area contributed by atoms with E-state index in [1.54, 1.807) is 13.0 Å². The fourth-order valence-corrected chi connectivity index (χ4v) is 2.92. The molecule has 0 atom stereocenters. The van der Waals surface area contributed by atoms with Crippen molar-refractivity contribution in [1.82, 2.24) is 0 Å². The molecule has 0 aliphatic rings. The van der Waals surface area contributed by atoms with Crippen molar-refractivity contribution in [1.29, 1.82) is 0 Å². The summed E-state index contributed by atoms with van der Waals surface area (Å²) in [4.78, 5) is 9.84. The van der Waals surface area contributed by atoms with Crippen LogP contribution in [0.2, 0.25) is 0 Å². The van der Waals surface area contributed by atoms with Gasteiger partial charge in [-0.15, -0.1) is 0 Å². The van der Waals surface area contributed by atoms with Gasteiger partial charge in [-0.1, -0.05) is 0 Å². The van der Waals surface area contributed by atoms with Crippen molar-refractivity contribution in [2.24, 2.45) is 0 Å². The number of benzene rings is 1. The molecule has 0 spiro atoms. The van der Waals surface area contributed by atoms with Gasteiger partial charge in [0.05, 0.1) is 0 Å². The standard InChI is InChI=1S/C7H6NO3.Hg/c1-5-3-2-4-6(7(5)9)8(10)11;/h3-4,9H,1H3;. The van der Waals surface area contributed by atoms with E-state index in [1.807, 2.05) is 0 Å². The zero-order valence-corrected chi connectivity index (χ0v) is 12.1. The predicted octanol–water partition coefficient (Wildman–Crippen LogP) is 0.781. The normalized spacial score (nSPS) is 9.92. The number of nitrogens with zero attached hydrogens (tertiary/aromatic N) is 1. The van der Waals surface area contributed by atoms with Gasteiger partial charge in [0, 0.05) is 0 Å². The fourth-order valence-electron chi connectivity index (χ4n) is 0.973. The van der Waals surface area contributed by atoms with Crippen LogP contribution in [0.25, 0.3) is 0 Å². The second kappa shape index (κ2) is 3.39. The van der Waals surface area contributed by atoms with Crippen LogP contribution in [0.3, 0.4) is 0 Å². The quantitative estimate of drug-likeness (QED) is 0.461. The molecule has 0 radical (unpaired) electrons. The number of hydrogen-bond donors (Lipinski definition) is 1. The van der Waals surface area contributed by atoms with Crippen molar-refractivity contribution in [3.63, 3.8) is 0 Å². The van der Waals surface area contributed by atoms with E-state index in [9.17, 15) is 15.2 Å². The van der Waals surface area contributed by atoms with Gasteiger partial charge in [0.1, 0.15) is 0 Å². The summed E-state index contributed by atoms with van der Waals surface area (Å²) in [5.74, 6) is -0.214. The van der Waals surface area contributed by atoms with Crippen LogP contribution in [0.15, 0.2) is 12.1 Å². The molecule has 1 aromatic rings. The molecule has 0 aromatic heterocycles. The van der Waals surface area contributed by atoms with Gasteiger partial charge in [-0.05, 0) is 0 Å². The molecule has 0 bridgehead atoms. The molecule has 1 rings (SSSR count). The van der Waals surface area contributed by atoms with Crippen LogP contribution in [0.1, 0.15) is 5.56 Å². The Morgan fingerprint density at radius 3 is 2.67 bits per heavy atom. The molecule has 0 saturated heterocycles. The molecule has 1 N–H and O–H groups in total. The monoisotopic (exact) mass is 354 g/mol. The summed E-state index contributed by atoms with van der Waals surface area (Å²) in [6.45, 7) is 1.67. The van der Waals surface area contributed by atoms with Crippen molar-refractivity contribution in [2.45, 2.75) is 6.92 Å². The van der Waals surface area contributed by atoms with Gasteiger partial charge in [-0.2, -0.15) is 0 Å². The van der Waals surface area contributed by atoms with E-state index in [0.717, 1.165) is 3.07 Å². The molecule has 0 amide bonds. The van der Waals surface area contributed by atoms with Crippen molar-refractivity contribution < 1.29 is 36.2 Å². The average Bonchev–Trinajstić information content (AvgIpc) is 1.96. The minimum atomic E-state index is -0.557. The van der Waals surface area contributed by atoms with E-state index in [0.29, 0.717) is 31.7 Å². The van der Waals surface area contributed by atoms with Crippen LogP contribution in [-0.2, 0) is 26.1 Å². The minimum absolute atomic E-state index is 0.181. The van der Waals surface area contributed by atoms with Gasteiger partial charge in [-0.25, -0.2) is 0 Å². The second-order valence-electron chi connectivity index (χ2n) is 2.54. The molecule has 0 unspecified atom stereocenters. The summed E-state index contributed by atoms with van der Waals surface area (Å²) in [5.41, 5.74) is 0.397. The van der Waals surface area contributed by atoms with E-state index in [2.05, 4.69) is 0 Å². The van der Waals surface area contributed by atoms with E-state index < -0.39 is 4.92 Å². The van der Waals surface area contributed by atoms with Crippen LogP contribution < -0.4 is 3.07 Å². The Morgan fingerprint density at radius 1 is 1.58 bits per heavy atom. The number of aryl methyl sites for hydroxylation is 1. The van der Waals surface area contributed by atoms with Gasteiger partial charge in [-0.3, -0.25) is 0 Å². The number of nitro groups is 1. The van der Waals surface area contributed by atoms with Crippen molar-refractivity contribution in [2.75, 3.05) is 0 Å². The van der Waals surface area contributed by atoms with Gasteiger partial charge in [0.15, 0.2) is 0 Å². The van der Waals surface area contributed by atoms with Crippen molar-refractivity contribution in [3.8, 4) is 5.75 Å². The number of nitro benzene ring substituents is 1. The van der Waals surface area contributed by atoms with E-state index in [1.165, 1.54) is 6.07 Å². The molecule has 4 nitrogen and oxygen atoms in total. The first-order valence-corrected chi connectivity index (χ1v) is 6.07. The summed E-state index contributed by atoms with van der Waals surface area (Å²) in [7, 11) is 0. The first-order chi connectivity index (χ1) is 5.52. The molecular weight excluding hydrogens is 347 g/mol. The Morgan fingerprint density at radius 2 is 2.17 bits per heavy atom. The topological polar surface area (TPSA) is 63.4 Å². The molecular formula is C7H6HgNO3. The Bertz CT molecular complexity index is 338. The van der Waals surface area contributed by atoms with Crippen LogP contribution in [0, 0.1) is 17.0 Å². The maximum absolute atomic E-state index is 10.4. The van der Waals surface area contributed by atoms with Crippen LogP contribution in [0.5, 0.6) is 5.75 Å². The summed E-state index contributed by atoms with van der Waals surface area (Å²) < 4.78 is 0.969. The molecule has 59 valence electrons. The average molecular weight is 353 g/mol. The van der Waals surface area contributed by atoms with Crippen molar-refractivity contribution in [3.05, 3.63) is 27.8 Å². The Hall–Kier alpha value is -0.645. The van der Waals surface area contributed by atoms with Crippen LogP contribution >= 0.6 is 0 Å². The molecule has 0 saturated carbocycles. The SMILES string of the molecule is Cc1c[c]([Hg])cc([N+](=O)[O-])c1O. The summed E-state index contributed by atoms with van der Waals surface area (Å²) in [6.07, 6.45) is 0. The molecule has 12 heavy (non-hydrogen) atoms. The Labute approximate surface area is 85.3 Å². The molecule has 5 heteroatoms. The first-order valence-electron chi connectivity index (χ1n) is 3.32. The Kier molecular flexibility index (Phi) is 2.67. The summed E-state index contributed by atoms with van der Waals surface area (Å²) >= 11 is 0.349. The number of phenols is 1. The molecule has 1 aromatic carbocycles. The Balaban J connectivity index is 3.37. The third-order valence-corrected chi connectivity index (χ3v) is 3.12. The van der Waals surface area contributed by atoms with Crippen LogP contribution in [-0.4, -0.2) is 10.0 Å². The number of hydrogen-bond acceptors (Lipinski definition) is 3. The second-order valence-corrected chi connectivity index (χ2v) is 5.71. The van der Waals surface area contributed by atoms with Gasteiger partial charge >= 0.3 is 85.4 Å². The number of phenolic OH excluding ortho intramolecular Hbond substituents is 1. The summed E-state index contributed by atoms with van der Waals surface area (Å²) in [6, 6.07) is 3.22. The third-order valence-electron chi connectivity index (χ3n) is 1.54. The fraction of sp³-hybridized carbons (Fsp3) is 0.143. The van der Waals surface area contributed by atoms with Crippen molar-refractivity contribution >= 4 is 8.76 Å².